The van der Waals surface area contributed by atoms with Crippen LogP contribution in [0.4, 0.5) is 0 Å². The van der Waals surface area contributed by atoms with Crippen LogP contribution in [0.25, 0.3) is 11.6 Å². The van der Waals surface area contributed by atoms with Crippen LogP contribution in [0.15, 0.2) is 21.3 Å². The second-order valence-electron chi connectivity index (χ2n) is 4.92. The summed E-state index contributed by atoms with van der Waals surface area (Å²) in [6.07, 6.45) is 2.74. The second kappa shape index (κ2) is 6.02. The molecule has 0 spiro atoms. The van der Waals surface area contributed by atoms with Crippen LogP contribution in [-0.4, -0.2) is 22.7 Å². The molecule has 104 valence electrons. The van der Waals surface area contributed by atoms with Crippen molar-refractivity contribution < 1.29 is 8.94 Å². The van der Waals surface area contributed by atoms with Gasteiger partial charge in [0.1, 0.15) is 0 Å². The maximum Gasteiger partial charge on any atom is 0.238 e. The van der Waals surface area contributed by atoms with Crippen LogP contribution in [0.5, 0.6) is 0 Å². The number of nitrogens with zero attached hydrogens (tertiary/aromatic N) is 2. The number of aromatic nitrogens is 2. The fraction of sp³-hybridized carbons (Fsp3) is 0.571. The fourth-order valence-corrected chi connectivity index (χ4v) is 1.88. The monoisotopic (exact) mass is 263 g/mol. The molecule has 5 nitrogen and oxygen atoms in total. The van der Waals surface area contributed by atoms with Crippen molar-refractivity contribution in [3.63, 3.8) is 0 Å². The van der Waals surface area contributed by atoms with E-state index in [1.807, 2.05) is 13.0 Å². The molecule has 0 amide bonds. The third kappa shape index (κ3) is 3.04. The molecule has 2 atom stereocenters. The molecule has 0 bridgehead atoms. The fourth-order valence-electron chi connectivity index (χ4n) is 1.88. The smallest absolute Gasteiger partial charge is 0.238 e. The van der Waals surface area contributed by atoms with E-state index in [4.69, 9.17) is 8.94 Å². The molecule has 0 saturated heterocycles. The molecule has 0 aliphatic heterocycles. The predicted octanol–water partition coefficient (Wildman–Crippen LogP) is 3.13. The van der Waals surface area contributed by atoms with Gasteiger partial charge in [-0.1, -0.05) is 19.0 Å². The first-order valence-corrected chi connectivity index (χ1v) is 6.75. The molecule has 0 saturated carbocycles. The number of rotatable bonds is 6. The molecule has 0 fully saturated rings. The first kappa shape index (κ1) is 13.8. The summed E-state index contributed by atoms with van der Waals surface area (Å²) in [5.41, 5.74) is 1.01. The van der Waals surface area contributed by atoms with Crippen molar-refractivity contribution in [1.82, 2.24) is 15.5 Å². The zero-order valence-corrected chi connectivity index (χ0v) is 11.9. The molecule has 0 aromatic carbocycles. The lowest BCUT2D eigenvalue weighted by Gasteiger charge is -2.17. The van der Waals surface area contributed by atoms with Gasteiger partial charge in [0.25, 0.3) is 0 Å². The van der Waals surface area contributed by atoms with Gasteiger partial charge in [-0.25, -0.2) is 0 Å². The number of nitrogens with one attached hydrogen (secondary N) is 1. The maximum atomic E-state index is 5.37. The van der Waals surface area contributed by atoms with Crippen molar-refractivity contribution in [1.29, 1.82) is 0 Å². The SMILES string of the molecule is CCCNC(C)C(C)c1nc(-c2occc2C)no1. The average Bonchev–Trinajstić information content (AvgIpc) is 3.03. The van der Waals surface area contributed by atoms with Gasteiger partial charge in [0.15, 0.2) is 5.76 Å². The van der Waals surface area contributed by atoms with E-state index >= 15 is 0 Å². The molecule has 0 aliphatic rings. The molecular weight excluding hydrogens is 242 g/mol. The van der Waals surface area contributed by atoms with Crippen LogP contribution >= 0.6 is 0 Å². The molecule has 19 heavy (non-hydrogen) atoms. The van der Waals surface area contributed by atoms with Gasteiger partial charge in [0.2, 0.25) is 11.7 Å². The van der Waals surface area contributed by atoms with Gasteiger partial charge in [-0.3, -0.25) is 0 Å². The van der Waals surface area contributed by atoms with Gasteiger partial charge in [-0.05, 0) is 38.4 Å². The first-order chi connectivity index (χ1) is 9.13. The van der Waals surface area contributed by atoms with E-state index in [-0.39, 0.29) is 5.92 Å². The summed E-state index contributed by atoms with van der Waals surface area (Å²) in [5.74, 6) is 2.01. The van der Waals surface area contributed by atoms with Crippen molar-refractivity contribution in [3.05, 3.63) is 23.8 Å². The summed E-state index contributed by atoms with van der Waals surface area (Å²) in [7, 11) is 0. The molecule has 2 rings (SSSR count). The molecular formula is C14H21N3O2. The molecule has 2 heterocycles. The Labute approximate surface area is 113 Å². The lowest BCUT2D eigenvalue weighted by atomic mass is 10.0. The number of furan rings is 1. The third-order valence-electron chi connectivity index (χ3n) is 3.36. The largest absolute Gasteiger partial charge is 0.461 e. The van der Waals surface area contributed by atoms with Crippen molar-refractivity contribution in [2.45, 2.75) is 46.1 Å². The summed E-state index contributed by atoms with van der Waals surface area (Å²) in [4.78, 5) is 4.43. The van der Waals surface area contributed by atoms with Crippen LogP contribution in [0, 0.1) is 6.92 Å². The van der Waals surface area contributed by atoms with Crippen LogP contribution in [0.3, 0.4) is 0 Å². The highest BCUT2D eigenvalue weighted by atomic mass is 16.5. The van der Waals surface area contributed by atoms with Gasteiger partial charge in [-0.2, -0.15) is 4.98 Å². The quantitative estimate of drug-likeness (QED) is 0.867. The summed E-state index contributed by atoms with van der Waals surface area (Å²) >= 11 is 0. The average molecular weight is 263 g/mol. The molecule has 0 radical (unpaired) electrons. The highest BCUT2D eigenvalue weighted by Gasteiger charge is 2.22. The van der Waals surface area contributed by atoms with E-state index in [0.717, 1.165) is 18.5 Å². The molecule has 0 aliphatic carbocycles. The third-order valence-corrected chi connectivity index (χ3v) is 3.36. The van der Waals surface area contributed by atoms with Crippen molar-refractivity contribution in [3.8, 4) is 11.6 Å². The lowest BCUT2D eigenvalue weighted by molar-refractivity contribution is 0.330. The van der Waals surface area contributed by atoms with Gasteiger partial charge in [0, 0.05) is 6.04 Å². The minimum Gasteiger partial charge on any atom is -0.461 e. The Morgan fingerprint density at radius 3 is 2.79 bits per heavy atom. The standard InChI is InChI=1S/C14H21N3O2/c1-5-7-15-11(4)10(3)14-16-13(17-19-14)12-9(2)6-8-18-12/h6,8,10-11,15H,5,7H2,1-4H3. The Kier molecular flexibility index (Phi) is 4.37. The topological polar surface area (TPSA) is 64.1 Å². The van der Waals surface area contributed by atoms with E-state index in [0.29, 0.717) is 23.5 Å². The van der Waals surface area contributed by atoms with Gasteiger partial charge < -0.3 is 14.3 Å². The van der Waals surface area contributed by atoms with Gasteiger partial charge in [0.05, 0.1) is 12.2 Å². The van der Waals surface area contributed by atoms with Crippen LogP contribution in [-0.2, 0) is 0 Å². The molecule has 2 unspecified atom stereocenters. The van der Waals surface area contributed by atoms with Crippen LogP contribution in [0.2, 0.25) is 0 Å². The maximum absolute atomic E-state index is 5.37. The summed E-state index contributed by atoms with van der Waals surface area (Å²) in [5, 5.41) is 7.43. The van der Waals surface area contributed by atoms with E-state index in [1.54, 1.807) is 6.26 Å². The Balaban J connectivity index is 2.10. The predicted molar refractivity (Wildman–Crippen MR) is 72.9 cm³/mol. The number of aryl methyl sites for hydroxylation is 1. The normalized spacial score (nSPS) is 14.5. The zero-order chi connectivity index (χ0) is 13.8. The number of hydrogen-bond donors (Lipinski definition) is 1. The van der Waals surface area contributed by atoms with Crippen molar-refractivity contribution in [2.24, 2.45) is 0 Å². The minimum absolute atomic E-state index is 0.170. The summed E-state index contributed by atoms with van der Waals surface area (Å²) < 4.78 is 10.7. The first-order valence-electron chi connectivity index (χ1n) is 6.75. The lowest BCUT2D eigenvalue weighted by Crippen LogP contribution is -2.31. The molecule has 5 heteroatoms. The highest BCUT2D eigenvalue weighted by molar-refractivity contribution is 5.51. The number of hydrogen-bond acceptors (Lipinski definition) is 5. The van der Waals surface area contributed by atoms with E-state index in [1.165, 1.54) is 0 Å². The summed E-state index contributed by atoms with van der Waals surface area (Å²) in [6, 6.07) is 2.19. The van der Waals surface area contributed by atoms with Crippen LogP contribution < -0.4 is 5.32 Å². The van der Waals surface area contributed by atoms with Crippen LogP contribution in [0.1, 0.15) is 44.6 Å². The van der Waals surface area contributed by atoms with E-state index in [2.05, 4.69) is 36.2 Å². The Bertz CT molecular complexity index is 518. The zero-order valence-electron chi connectivity index (χ0n) is 11.9. The molecule has 1 N–H and O–H groups in total. The van der Waals surface area contributed by atoms with Gasteiger partial charge in [-0.15, -0.1) is 0 Å². The highest BCUT2D eigenvalue weighted by Crippen LogP contribution is 2.24. The Hall–Kier alpha value is -1.62. The molecule has 2 aromatic rings. The molecule has 2 aromatic heterocycles. The summed E-state index contributed by atoms with van der Waals surface area (Å²) in [6.45, 7) is 9.31. The van der Waals surface area contributed by atoms with Crippen molar-refractivity contribution >= 4 is 0 Å². The Morgan fingerprint density at radius 1 is 1.37 bits per heavy atom. The van der Waals surface area contributed by atoms with E-state index in [9.17, 15) is 0 Å². The second-order valence-corrected chi connectivity index (χ2v) is 4.92. The Morgan fingerprint density at radius 2 is 2.16 bits per heavy atom. The minimum atomic E-state index is 0.170. The van der Waals surface area contributed by atoms with Gasteiger partial charge >= 0.3 is 0 Å². The van der Waals surface area contributed by atoms with E-state index < -0.39 is 0 Å². The van der Waals surface area contributed by atoms with Crippen molar-refractivity contribution in [2.75, 3.05) is 6.54 Å².